The summed E-state index contributed by atoms with van der Waals surface area (Å²) in [5, 5.41) is 10.5. The fourth-order valence-electron chi connectivity index (χ4n) is 2.21. The lowest BCUT2D eigenvalue weighted by Gasteiger charge is -2.30. The summed E-state index contributed by atoms with van der Waals surface area (Å²) in [6.45, 7) is 3.51. The van der Waals surface area contributed by atoms with Crippen LogP contribution in [0.15, 0.2) is 18.2 Å². The Morgan fingerprint density at radius 1 is 1.16 bits per heavy atom. The first-order valence-corrected chi connectivity index (χ1v) is 6.26. The van der Waals surface area contributed by atoms with Crippen LogP contribution < -0.4 is 4.74 Å². The number of hydrogen-bond acceptors (Lipinski definition) is 2. The molecule has 1 atom stereocenters. The molecule has 1 aromatic rings. The second kappa shape index (κ2) is 5.82. The molecular weight excluding hydrogens is 257 g/mol. The summed E-state index contributed by atoms with van der Waals surface area (Å²) in [5.74, 6) is 0.131. The van der Waals surface area contributed by atoms with Crippen LogP contribution in [0, 0.1) is 0 Å². The third-order valence-electron chi connectivity index (χ3n) is 3.28. The topological polar surface area (TPSA) is 29.5 Å². The van der Waals surface area contributed by atoms with Gasteiger partial charge in [0.15, 0.2) is 0 Å². The van der Waals surface area contributed by atoms with E-state index in [1.165, 1.54) is 19.2 Å². The van der Waals surface area contributed by atoms with Crippen LogP contribution in [0.1, 0.15) is 44.2 Å². The van der Waals surface area contributed by atoms with Crippen molar-refractivity contribution in [2.24, 2.45) is 0 Å². The molecule has 0 fully saturated rings. The number of hydrogen-bond donors (Lipinski definition) is 1. The standard InChI is InChI=1S/C14H19F3O2/c1-4-8-13(18,5-2)11-7-6-10(19-3)9-12(11)14(15,16)17/h6-7,9,18H,4-5,8H2,1-3H3. The lowest BCUT2D eigenvalue weighted by molar-refractivity contribution is -0.141. The molecular formula is C14H19F3O2. The molecule has 108 valence electrons. The van der Waals surface area contributed by atoms with Gasteiger partial charge in [-0.2, -0.15) is 13.2 Å². The maximum absolute atomic E-state index is 13.1. The van der Waals surface area contributed by atoms with Crippen molar-refractivity contribution in [3.05, 3.63) is 29.3 Å². The Bertz CT molecular complexity index is 429. The highest BCUT2D eigenvalue weighted by molar-refractivity contribution is 5.40. The minimum Gasteiger partial charge on any atom is -0.497 e. The van der Waals surface area contributed by atoms with E-state index in [1.807, 2.05) is 6.92 Å². The van der Waals surface area contributed by atoms with Gasteiger partial charge in [0.1, 0.15) is 5.75 Å². The highest BCUT2D eigenvalue weighted by Gasteiger charge is 2.40. The van der Waals surface area contributed by atoms with Gasteiger partial charge >= 0.3 is 6.18 Å². The largest absolute Gasteiger partial charge is 0.497 e. The molecule has 5 heteroatoms. The van der Waals surface area contributed by atoms with Crippen LogP contribution in [0.25, 0.3) is 0 Å². The van der Waals surface area contributed by atoms with Crippen molar-refractivity contribution in [2.45, 2.75) is 44.9 Å². The number of methoxy groups -OCH3 is 1. The predicted molar refractivity (Wildman–Crippen MR) is 67.1 cm³/mol. The Hall–Kier alpha value is -1.23. The van der Waals surface area contributed by atoms with Crippen molar-refractivity contribution in [2.75, 3.05) is 7.11 Å². The van der Waals surface area contributed by atoms with Crippen molar-refractivity contribution in [1.29, 1.82) is 0 Å². The fourth-order valence-corrected chi connectivity index (χ4v) is 2.21. The number of benzene rings is 1. The van der Waals surface area contributed by atoms with E-state index in [-0.39, 0.29) is 17.7 Å². The quantitative estimate of drug-likeness (QED) is 0.877. The molecule has 0 aliphatic heterocycles. The smallest absolute Gasteiger partial charge is 0.416 e. The molecule has 0 saturated heterocycles. The van der Waals surface area contributed by atoms with Crippen LogP contribution >= 0.6 is 0 Å². The molecule has 0 spiro atoms. The molecule has 1 aromatic carbocycles. The summed E-state index contributed by atoms with van der Waals surface area (Å²) in [5.41, 5.74) is -2.36. The molecule has 1 rings (SSSR count). The van der Waals surface area contributed by atoms with Gasteiger partial charge in [0, 0.05) is 0 Å². The van der Waals surface area contributed by atoms with Crippen molar-refractivity contribution in [3.8, 4) is 5.75 Å². The minimum absolute atomic E-state index is 0.0786. The van der Waals surface area contributed by atoms with Crippen molar-refractivity contribution in [3.63, 3.8) is 0 Å². The Labute approximate surface area is 111 Å². The maximum Gasteiger partial charge on any atom is 0.416 e. The van der Waals surface area contributed by atoms with Gasteiger partial charge in [-0.25, -0.2) is 0 Å². The summed E-state index contributed by atoms with van der Waals surface area (Å²) in [7, 11) is 1.31. The number of alkyl halides is 3. The number of halogens is 3. The predicted octanol–water partition coefficient (Wildman–Crippen LogP) is 4.11. The van der Waals surface area contributed by atoms with E-state index in [4.69, 9.17) is 4.74 Å². The Morgan fingerprint density at radius 2 is 1.79 bits per heavy atom. The normalized spacial score (nSPS) is 15.1. The van der Waals surface area contributed by atoms with Gasteiger partial charge in [0.25, 0.3) is 0 Å². The molecule has 19 heavy (non-hydrogen) atoms. The third kappa shape index (κ3) is 3.41. The first-order valence-electron chi connectivity index (χ1n) is 6.26. The van der Waals surface area contributed by atoms with E-state index in [1.54, 1.807) is 6.92 Å². The van der Waals surface area contributed by atoms with Crippen LogP contribution in [0.3, 0.4) is 0 Å². The molecule has 0 saturated carbocycles. The van der Waals surface area contributed by atoms with Crippen LogP contribution in [-0.2, 0) is 11.8 Å². The van der Waals surface area contributed by atoms with Gasteiger partial charge in [-0.3, -0.25) is 0 Å². The van der Waals surface area contributed by atoms with Crippen LogP contribution in [0.2, 0.25) is 0 Å². The average Bonchev–Trinajstić information content (AvgIpc) is 2.37. The molecule has 2 nitrogen and oxygen atoms in total. The summed E-state index contributed by atoms with van der Waals surface area (Å²) in [6, 6.07) is 3.69. The number of rotatable bonds is 5. The van der Waals surface area contributed by atoms with Gasteiger partial charge in [-0.05, 0) is 30.5 Å². The van der Waals surface area contributed by atoms with Crippen molar-refractivity contribution < 1.29 is 23.0 Å². The molecule has 0 heterocycles. The average molecular weight is 276 g/mol. The highest BCUT2D eigenvalue weighted by atomic mass is 19.4. The van der Waals surface area contributed by atoms with Gasteiger partial charge in [0.05, 0.1) is 18.3 Å². The fraction of sp³-hybridized carbons (Fsp3) is 0.571. The molecule has 0 aliphatic carbocycles. The van der Waals surface area contributed by atoms with Gasteiger partial charge in [-0.1, -0.05) is 26.3 Å². The summed E-state index contributed by atoms with van der Waals surface area (Å²) >= 11 is 0. The first kappa shape index (κ1) is 15.8. The van der Waals surface area contributed by atoms with E-state index < -0.39 is 17.3 Å². The number of aliphatic hydroxyl groups is 1. The van der Waals surface area contributed by atoms with Gasteiger partial charge < -0.3 is 9.84 Å². The zero-order valence-electron chi connectivity index (χ0n) is 11.3. The monoisotopic (exact) mass is 276 g/mol. The Kier molecular flexibility index (Phi) is 4.85. The van der Waals surface area contributed by atoms with Gasteiger partial charge in [0.2, 0.25) is 0 Å². The van der Waals surface area contributed by atoms with E-state index in [0.29, 0.717) is 12.8 Å². The van der Waals surface area contributed by atoms with Gasteiger partial charge in [-0.15, -0.1) is 0 Å². The summed E-state index contributed by atoms with van der Waals surface area (Å²) in [4.78, 5) is 0. The Morgan fingerprint density at radius 3 is 2.21 bits per heavy atom. The molecule has 0 radical (unpaired) electrons. The van der Waals surface area contributed by atoms with Crippen molar-refractivity contribution in [1.82, 2.24) is 0 Å². The van der Waals surface area contributed by atoms with Crippen LogP contribution in [-0.4, -0.2) is 12.2 Å². The van der Waals surface area contributed by atoms with Crippen LogP contribution in [0.4, 0.5) is 13.2 Å². The molecule has 0 aliphatic rings. The SMILES string of the molecule is CCCC(O)(CC)c1ccc(OC)cc1C(F)(F)F. The molecule has 0 amide bonds. The van der Waals surface area contributed by atoms with E-state index in [2.05, 4.69) is 0 Å². The lowest BCUT2D eigenvalue weighted by atomic mass is 9.83. The molecule has 1 N–H and O–H groups in total. The second-order valence-corrected chi connectivity index (χ2v) is 4.54. The summed E-state index contributed by atoms with van der Waals surface area (Å²) in [6.07, 6.45) is -3.39. The van der Waals surface area contributed by atoms with E-state index in [9.17, 15) is 18.3 Å². The van der Waals surface area contributed by atoms with E-state index >= 15 is 0 Å². The van der Waals surface area contributed by atoms with Crippen LogP contribution in [0.5, 0.6) is 5.75 Å². The highest BCUT2D eigenvalue weighted by Crippen LogP contribution is 2.41. The second-order valence-electron chi connectivity index (χ2n) is 4.54. The Balaban J connectivity index is 3.41. The lowest BCUT2D eigenvalue weighted by Crippen LogP contribution is -2.28. The van der Waals surface area contributed by atoms with Crippen molar-refractivity contribution >= 4 is 0 Å². The number of ether oxygens (including phenoxy) is 1. The minimum atomic E-state index is -4.51. The summed E-state index contributed by atoms with van der Waals surface area (Å²) < 4.78 is 44.1. The maximum atomic E-state index is 13.1. The molecule has 1 unspecified atom stereocenters. The first-order chi connectivity index (χ1) is 8.78. The van der Waals surface area contributed by atoms with E-state index in [0.717, 1.165) is 6.07 Å². The zero-order valence-corrected chi connectivity index (χ0v) is 11.3. The zero-order chi connectivity index (χ0) is 14.7. The molecule has 0 bridgehead atoms. The molecule has 0 aromatic heterocycles. The third-order valence-corrected chi connectivity index (χ3v) is 3.28.